The van der Waals surface area contributed by atoms with E-state index in [1.165, 1.54) is 6.33 Å². The summed E-state index contributed by atoms with van der Waals surface area (Å²) < 4.78 is 0. The van der Waals surface area contributed by atoms with Crippen molar-refractivity contribution in [3.63, 3.8) is 0 Å². The molecule has 3 rings (SSSR count). The molecule has 0 radical (unpaired) electrons. The maximum absolute atomic E-state index is 3.74. The van der Waals surface area contributed by atoms with E-state index in [4.69, 9.17) is 0 Å². The molecule has 0 fully saturated rings. The average Bonchev–Trinajstić information content (AvgIpc) is 3.03. The molecule has 0 bridgehead atoms. The SMILES string of the molecule is c1ccnnc1.c1cncnc1.c1cscn1. The van der Waals surface area contributed by atoms with Crippen molar-refractivity contribution in [1.82, 2.24) is 25.1 Å². The summed E-state index contributed by atoms with van der Waals surface area (Å²) in [6.07, 6.45) is 9.92. The Labute approximate surface area is 103 Å². The molecule has 0 aliphatic carbocycles. The molecule has 0 N–H and O–H groups in total. The summed E-state index contributed by atoms with van der Waals surface area (Å²) in [4.78, 5) is 11.1. The molecule has 6 heteroatoms. The van der Waals surface area contributed by atoms with Gasteiger partial charge in [-0.1, -0.05) is 0 Å². The lowest BCUT2D eigenvalue weighted by atomic mass is 10.6. The van der Waals surface area contributed by atoms with E-state index in [-0.39, 0.29) is 0 Å². The van der Waals surface area contributed by atoms with E-state index in [0.717, 1.165) is 0 Å². The largest absolute Gasteiger partial charge is 0.253 e. The Morgan fingerprint density at radius 1 is 0.647 bits per heavy atom. The summed E-state index contributed by atoms with van der Waals surface area (Å²) in [6.45, 7) is 0. The van der Waals surface area contributed by atoms with Crippen molar-refractivity contribution in [1.29, 1.82) is 0 Å². The van der Waals surface area contributed by atoms with Gasteiger partial charge in [-0.25, -0.2) is 9.97 Å². The van der Waals surface area contributed by atoms with Crippen LogP contribution in [0.5, 0.6) is 0 Å². The second kappa shape index (κ2) is 10.3. The first kappa shape index (κ1) is 12.9. The fourth-order valence-corrected chi connectivity index (χ4v) is 1.03. The van der Waals surface area contributed by atoms with E-state index in [0.29, 0.717) is 0 Å². The molecule has 0 saturated heterocycles. The van der Waals surface area contributed by atoms with Crippen LogP contribution in [0.3, 0.4) is 0 Å². The van der Waals surface area contributed by atoms with Gasteiger partial charge in [-0.15, -0.1) is 11.3 Å². The Kier molecular flexibility index (Phi) is 7.80. The molecule has 0 atom stereocenters. The minimum atomic E-state index is 1.50. The van der Waals surface area contributed by atoms with Crippen LogP contribution in [-0.4, -0.2) is 25.1 Å². The number of rotatable bonds is 0. The summed E-state index contributed by atoms with van der Waals surface area (Å²) in [5, 5.41) is 9.00. The molecule has 0 amide bonds. The number of aromatic nitrogens is 5. The van der Waals surface area contributed by atoms with Gasteiger partial charge in [0.2, 0.25) is 0 Å². The van der Waals surface area contributed by atoms with Gasteiger partial charge in [-0.3, -0.25) is 4.98 Å². The lowest BCUT2D eigenvalue weighted by Crippen LogP contribution is -1.69. The Balaban J connectivity index is 0.000000128. The standard InChI is InChI=1S/2C4H4N2.C3H3NS/c1-2-5-4-6-3-1;1-2-4-6-5-3-1;1-2-5-3-4-1/h2*1-4H;1-3H. The van der Waals surface area contributed by atoms with Crippen molar-refractivity contribution in [3.05, 3.63) is 66.4 Å². The maximum Gasteiger partial charge on any atom is 0.115 e. The molecule has 0 aromatic carbocycles. The summed E-state index contributed by atoms with van der Waals surface area (Å²) in [5.74, 6) is 0. The highest BCUT2D eigenvalue weighted by Crippen LogP contribution is 1.85. The summed E-state index contributed by atoms with van der Waals surface area (Å²) >= 11 is 1.60. The molecule has 0 saturated carbocycles. The third kappa shape index (κ3) is 8.76. The van der Waals surface area contributed by atoms with Gasteiger partial charge in [0.15, 0.2) is 0 Å². The normalized spacial score (nSPS) is 8.00. The van der Waals surface area contributed by atoms with Crippen LogP contribution in [0.15, 0.2) is 66.4 Å². The predicted molar refractivity (Wildman–Crippen MR) is 66.2 cm³/mol. The zero-order valence-electron chi connectivity index (χ0n) is 9.00. The molecule has 0 spiro atoms. The summed E-state index contributed by atoms with van der Waals surface area (Å²) in [7, 11) is 0. The van der Waals surface area contributed by atoms with Crippen LogP contribution in [-0.2, 0) is 0 Å². The zero-order valence-corrected chi connectivity index (χ0v) is 9.81. The molecule has 0 aliphatic heterocycles. The smallest absolute Gasteiger partial charge is 0.115 e. The van der Waals surface area contributed by atoms with E-state index in [2.05, 4.69) is 25.1 Å². The molecule has 3 aromatic rings. The second-order valence-electron chi connectivity index (χ2n) is 2.49. The van der Waals surface area contributed by atoms with E-state index >= 15 is 0 Å². The highest BCUT2D eigenvalue weighted by molar-refractivity contribution is 7.07. The maximum atomic E-state index is 3.74. The fraction of sp³-hybridized carbons (Fsp3) is 0. The lowest BCUT2D eigenvalue weighted by molar-refractivity contribution is 1.03. The predicted octanol–water partition coefficient (Wildman–Crippen LogP) is 2.10. The van der Waals surface area contributed by atoms with Gasteiger partial charge in [0.25, 0.3) is 0 Å². The summed E-state index contributed by atoms with van der Waals surface area (Å²) in [6, 6.07) is 5.43. The first-order chi connectivity index (χ1) is 8.50. The van der Waals surface area contributed by atoms with Gasteiger partial charge in [0.05, 0.1) is 5.51 Å². The van der Waals surface area contributed by atoms with Gasteiger partial charge in [-0.2, -0.15) is 10.2 Å². The number of hydrogen-bond acceptors (Lipinski definition) is 6. The molecular weight excluding hydrogens is 234 g/mol. The van der Waals surface area contributed by atoms with Crippen molar-refractivity contribution in [2.75, 3.05) is 0 Å². The van der Waals surface area contributed by atoms with Crippen LogP contribution in [0.1, 0.15) is 0 Å². The van der Waals surface area contributed by atoms with E-state index in [1.54, 1.807) is 53.9 Å². The van der Waals surface area contributed by atoms with Crippen LogP contribution in [0.2, 0.25) is 0 Å². The molecule has 5 nitrogen and oxygen atoms in total. The van der Waals surface area contributed by atoms with Crippen molar-refractivity contribution in [2.45, 2.75) is 0 Å². The Morgan fingerprint density at radius 3 is 1.53 bits per heavy atom. The second-order valence-corrected chi connectivity index (χ2v) is 3.25. The highest BCUT2D eigenvalue weighted by Gasteiger charge is 1.60. The van der Waals surface area contributed by atoms with Crippen LogP contribution < -0.4 is 0 Å². The van der Waals surface area contributed by atoms with Crippen LogP contribution in [0.4, 0.5) is 0 Å². The Hall–Kier alpha value is -2.21. The van der Waals surface area contributed by atoms with Crippen molar-refractivity contribution in [3.8, 4) is 0 Å². The first-order valence-electron chi connectivity index (χ1n) is 4.74. The van der Waals surface area contributed by atoms with E-state index in [9.17, 15) is 0 Å². The lowest BCUT2D eigenvalue weighted by Gasteiger charge is -1.70. The molecule has 0 aliphatic rings. The zero-order chi connectivity index (χ0) is 12.0. The first-order valence-corrected chi connectivity index (χ1v) is 5.68. The topological polar surface area (TPSA) is 64.5 Å². The number of thiazole rings is 1. The number of hydrogen-bond donors (Lipinski definition) is 0. The van der Waals surface area contributed by atoms with Crippen LogP contribution >= 0.6 is 11.3 Å². The average molecular weight is 245 g/mol. The molecule has 3 aromatic heterocycles. The monoisotopic (exact) mass is 245 g/mol. The van der Waals surface area contributed by atoms with Gasteiger partial charge < -0.3 is 0 Å². The number of nitrogens with zero attached hydrogens (tertiary/aromatic N) is 5. The molecule has 0 unspecified atom stereocenters. The minimum absolute atomic E-state index is 1.50. The Bertz CT molecular complexity index is 330. The van der Waals surface area contributed by atoms with Crippen molar-refractivity contribution < 1.29 is 0 Å². The van der Waals surface area contributed by atoms with Crippen LogP contribution in [0.25, 0.3) is 0 Å². The molecule has 17 heavy (non-hydrogen) atoms. The van der Waals surface area contributed by atoms with E-state index in [1.807, 2.05) is 17.5 Å². The van der Waals surface area contributed by atoms with Crippen LogP contribution in [0, 0.1) is 0 Å². The molecule has 3 heterocycles. The van der Waals surface area contributed by atoms with Gasteiger partial charge >= 0.3 is 0 Å². The summed E-state index contributed by atoms with van der Waals surface area (Å²) in [5.41, 5.74) is 1.79. The fourth-order valence-electron chi connectivity index (χ4n) is 0.682. The van der Waals surface area contributed by atoms with E-state index < -0.39 is 0 Å². The van der Waals surface area contributed by atoms with Crippen molar-refractivity contribution >= 4 is 11.3 Å². The Morgan fingerprint density at radius 2 is 1.35 bits per heavy atom. The van der Waals surface area contributed by atoms with Gasteiger partial charge in [0.1, 0.15) is 6.33 Å². The highest BCUT2D eigenvalue weighted by atomic mass is 32.1. The van der Waals surface area contributed by atoms with Gasteiger partial charge in [0, 0.05) is 36.4 Å². The quantitative estimate of drug-likeness (QED) is 0.607. The van der Waals surface area contributed by atoms with Crippen molar-refractivity contribution in [2.24, 2.45) is 0 Å². The third-order valence-electron chi connectivity index (χ3n) is 1.31. The molecular formula is C11H11N5S. The third-order valence-corrected chi connectivity index (χ3v) is 1.83. The molecule has 86 valence electrons. The van der Waals surface area contributed by atoms with Gasteiger partial charge in [-0.05, 0) is 18.2 Å². The minimum Gasteiger partial charge on any atom is -0.253 e.